The van der Waals surface area contributed by atoms with Crippen LogP contribution in [0.15, 0.2) is 60.0 Å². The lowest BCUT2D eigenvalue weighted by molar-refractivity contribution is -0.130. The first-order chi connectivity index (χ1) is 11.9. The Morgan fingerprint density at radius 2 is 1.88 bits per heavy atom. The van der Waals surface area contributed by atoms with Crippen LogP contribution in [0.1, 0.15) is 11.6 Å². The van der Waals surface area contributed by atoms with Crippen molar-refractivity contribution in [3.63, 3.8) is 0 Å². The van der Waals surface area contributed by atoms with E-state index in [0.29, 0.717) is 11.3 Å². The summed E-state index contributed by atoms with van der Waals surface area (Å²) in [6, 6.07) is 14.3. The minimum absolute atomic E-state index is 0.353. The number of sulfonamides is 1. The summed E-state index contributed by atoms with van der Waals surface area (Å²) in [5.74, 6) is -0.831. The van der Waals surface area contributed by atoms with Gasteiger partial charge in [-0.15, -0.1) is 11.3 Å². The zero-order valence-electron chi connectivity index (χ0n) is 13.3. The molecule has 0 bridgehead atoms. The first kappa shape index (κ1) is 17.4. The lowest BCUT2D eigenvalue weighted by Gasteiger charge is -2.30. The third-order valence-corrected chi connectivity index (χ3v) is 5.79. The van der Waals surface area contributed by atoms with Gasteiger partial charge in [-0.3, -0.25) is 14.3 Å². The molecule has 0 aliphatic carbocycles. The summed E-state index contributed by atoms with van der Waals surface area (Å²) >= 11 is 1.54. The summed E-state index contributed by atoms with van der Waals surface area (Å²) in [5.41, 5.74) is 2.38. The molecule has 8 heteroatoms. The Labute approximate surface area is 149 Å². The fourth-order valence-electron chi connectivity index (χ4n) is 2.71. The number of hydrogen-bond acceptors (Lipinski definition) is 5. The van der Waals surface area contributed by atoms with E-state index in [1.54, 1.807) is 59.3 Å². The lowest BCUT2D eigenvalue weighted by atomic mass is 10.1. The number of nitrogens with zero attached hydrogens (tertiary/aromatic N) is 1. The van der Waals surface area contributed by atoms with Gasteiger partial charge in [0.05, 0.1) is 11.9 Å². The number of amides is 1. The van der Waals surface area contributed by atoms with Crippen molar-refractivity contribution in [1.82, 2.24) is 5.48 Å². The number of fused-ring (bicyclic) bond motifs is 1. The van der Waals surface area contributed by atoms with Crippen molar-refractivity contribution in [2.75, 3.05) is 10.6 Å². The van der Waals surface area contributed by atoms with E-state index in [1.807, 2.05) is 17.5 Å². The van der Waals surface area contributed by atoms with Gasteiger partial charge in [0, 0.05) is 4.70 Å². The molecular weight excluding hydrogens is 360 g/mol. The van der Waals surface area contributed by atoms with E-state index < -0.39 is 22.0 Å². The van der Waals surface area contributed by atoms with Crippen LogP contribution in [0.3, 0.4) is 0 Å². The van der Waals surface area contributed by atoms with Gasteiger partial charge in [-0.05, 0) is 40.6 Å². The lowest BCUT2D eigenvalue weighted by Crippen LogP contribution is -2.42. The maximum Gasteiger partial charge on any atom is 0.271 e. The summed E-state index contributed by atoms with van der Waals surface area (Å²) < 4.78 is 27.0. The zero-order chi connectivity index (χ0) is 18.0. The summed E-state index contributed by atoms with van der Waals surface area (Å²) in [5, 5.41) is 11.9. The molecule has 1 atom stereocenters. The van der Waals surface area contributed by atoms with E-state index in [1.165, 1.54) is 0 Å². The molecule has 0 unspecified atom stereocenters. The van der Waals surface area contributed by atoms with Crippen LogP contribution in [0.25, 0.3) is 10.1 Å². The highest BCUT2D eigenvalue weighted by molar-refractivity contribution is 7.92. The topological polar surface area (TPSA) is 86.7 Å². The molecule has 0 saturated carbocycles. The Hall–Kier alpha value is -2.42. The second kappa shape index (κ2) is 6.83. The van der Waals surface area contributed by atoms with Gasteiger partial charge in [-0.2, -0.15) is 0 Å². The highest BCUT2D eigenvalue weighted by Gasteiger charge is 2.34. The normalized spacial score (nSPS) is 12.7. The molecule has 0 aliphatic rings. The van der Waals surface area contributed by atoms with Gasteiger partial charge < -0.3 is 0 Å². The highest BCUT2D eigenvalue weighted by Crippen LogP contribution is 2.33. The SMILES string of the molecule is CS(=O)(=O)N(c1ccc2sccc2c1)[C@@H](C(=O)NO)c1ccccc1. The molecule has 6 nitrogen and oxygen atoms in total. The number of thiophene rings is 1. The molecule has 0 fully saturated rings. The smallest absolute Gasteiger partial charge is 0.271 e. The monoisotopic (exact) mass is 376 g/mol. The summed E-state index contributed by atoms with van der Waals surface area (Å²) in [6.45, 7) is 0. The molecule has 2 aromatic carbocycles. The standard InChI is InChI=1S/C17H16N2O4S2/c1-25(22,23)19(14-7-8-15-13(11-14)9-10-24-15)16(17(20)18-21)12-5-3-2-4-6-12/h2-11,16,21H,1H3,(H,18,20)/t16-/m1/s1. The number of nitrogens with one attached hydrogen (secondary N) is 1. The van der Waals surface area contributed by atoms with Crippen LogP contribution in [0.2, 0.25) is 0 Å². The van der Waals surface area contributed by atoms with Crippen LogP contribution in [-0.2, 0) is 14.8 Å². The van der Waals surface area contributed by atoms with Crippen LogP contribution < -0.4 is 9.79 Å². The molecule has 0 saturated heterocycles. The molecule has 1 heterocycles. The van der Waals surface area contributed by atoms with E-state index in [0.717, 1.165) is 20.6 Å². The van der Waals surface area contributed by atoms with E-state index in [9.17, 15) is 13.2 Å². The van der Waals surface area contributed by atoms with Gasteiger partial charge in [-0.25, -0.2) is 13.9 Å². The second-order valence-corrected chi connectivity index (χ2v) is 8.30. The second-order valence-electron chi connectivity index (χ2n) is 5.49. The molecule has 2 N–H and O–H groups in total. The number of hydrogen-bond donors (Lipinski definition) is 2. The largest absolute Gasteiger partial charge is 0.289 e. The van der Waals surface area contributed by atoms with Crippen LogP contribution in [0.5, 0.6) is 0 Å². The Balaban J connectivity index is 2.20. The predicted molar refractivity (Wildman–Crippen MR) is 98.3 cm³/mol. The van der Waals surface area contributed by atoms with Gasteiger partial charge in [0.15, 0.2) is 6.04 Å². The van der Waals surface area contributed by atoms with Crippen LogP contribution >= 0.6 is 11.3 Å². The summed E-state index contributed by atoms with van der Waals surface area (Å²) in [6.07, 6.45) is 1.03. The van der Waals surface area contributed by atoms with Gasteiger partial charge in [0.25, 0.3) is 5.91 Å². The third-order valence-electron chi connectivity index (χ3n) is 3.76. The molecule has 0 aliphatic heterocycles. The number of hydroxylamine groups is 1. The zero-order valence-corrected chi connectivity index (χ0v) is 14.9. The summed E-state index contributed by atoms with van der Waals surface area (Å²) in [7, 11) is -3.81. The Kier molecular flexibility index (Phi) is 4.76. The predicted octanol–water partition coefficient (Wildman–Crippen LogP) is 2.91. The molecule has 1 aromatic heterocycles. The van der Waals surface area contributed by atoms with Crippen LogP contribution in [-0.4, -0.2) is 25.8 Å². The third kappa shape index (κ3) is 3.51. The average molecular weight is 376 g/mol. The van der Waals surface area contributed by atoms with Crippen molar-refractivity contribution in [3.8, 4) is 0 Å². The van der Waals surface area contributed by atoms with E-state index >= 15 is 0 Å². The van der Waals surface area contributed by atoms with Crippen LogP contribution in [0, 0.1) is 0 Å². The van der Waals surface area contributed by atoms with Crippen LogP contribution in [0.4, 0.5) is 5.69 Å². The number of benzene rings is 2. The Morgan fingerprint density at radius 1 is 1.16 bits per heavy atom. The minimum Gasteiger partial charge on any atom is -0.289 e. The van der Waals surface area contributed by atoms with Gasteiger partial charge in [0.1, 0.15) is 0 Å². The van der Waals surface area contributed by atoms with E-state index in [4.69, 9.17) is 5.21 Å². The molecule has 3 aromatic rings. The van der Waals surface area contributed by atoms with Crippen molar-refractivity contribution in [1.29, 1.82) is 0 Å². The first-order valence-electron chi connectivity index (χ1n) is 7.37. The molecular formula is C17H16N2O4S2. The molecule has 130 valence electrons. The van der Waals surface area contributed by atoms with Crippen molar-refractivity contribution in [2.24, 2.45) is 0 Å². The number of carbonyl (C=O) groups is 1. The van der Waals surface area contributed by atoms with Crippen molar-refractivity contribution in [2.45, 2.75) is 6.04 Å². The van der Waals surface area contributed by atoms with Gasteiger partial charge >= 0.3 is 0 Å². The van der Waals surface area contributed by atoms with Crippen molar-refractivity contribution in [3.05, 3.63) is 65.5 Å². The van der Waals surface area contributed by atoms with Crippen molar-refractivity contribution < 1.29 is 18.4 Å². The molecule has 3 rings (SSSR count). The molecule has 1 amide bonds. The maximum absolute atomic E-state index is 12.5. The molecule has 25 heavy (non-hydrogen) atoms. The van der Waals surface area contributed by atoms with Gasteiger partial charge in [-0.1, -0.05) is 30.3 Å². The number of anilines is 1. The maximum atomic E-state index is 12.5. The van der Waals surface area contributed by atoms with Crippen molar-refractivity contribution >= 4 is 43.0 Å². The Bertz CT molecular complexity index is 1000. The van der Waals surface area contributed by atoms with Gasteiger partial charge in [0.2, 0.25) is 10.0 Å². The fraction of sp³-hybridized carbons (Fsp3) is 0.118. The van der Waals surface area contributed by atoms with E-state index in [2.05, 4.69) is 0 Å². The molecule has 0 radical (unpaired) electrons. The molecule has 0 spiro atoms. The quantitative estimate of drug-likeness (QED) is 0.529. The summed E-state index contributed by atoms with van der Waals surface area (Å²) in [4.78, 5) is 12.3. The average Bonchev–Trinajstić information content (AvgIpc) is 3.06. The first-order valence-corrected chi connectivity index (χ1v) is 10.1. The van der Waals surface area contributed by atoms with E-state index in [-0.39, 0.29) is 0 Å². The number of rotatable bonds is 5. The minimum atomic E-state index is -3.81. The Morgan fingerprint density at radius 3 is 2.52 bits per heavy atom. The fourth-order valence-corrected chi connectivity index (χ4v) is 4.58. The number of carbonyl (C=O) groups excluding carboxylic acids is 1. The highest BCUT2D eigenvalue weighted by atomic mass is 32.2.